The molecule has 3 aromatic rings. The zero-order valence-electron chi connectivity index (χ0n) is 12.8. The van der Waals surface area contributed by atoms with Gasteiger partial charge in [0.25, 0.3) is 0 Å². The third-order valence-electron chi connectivity index (χ3n) is 3.89. The summed E-state index contributed by atoms with van der Waals surface area (Å²) in [5.41, 5.74) is 3.02. The molecule has 0 aliphatic rings. The molecule has 112 valence electrons. The van der Waals surface area contributed by atoms with Crippen LogP contribution in [0.25, 0.3) is 11.0 Å². The first-order valence-electron chi connectivity index (χ1n) is 7.37. The molecule has 0 aliphatic heterocycles. The average molecular weight is 293 g/mol. The first-order chi connectivity index (χ1) is 10.7. The van der Waals surface area contributed by atoms with Crippen LogP contribution in [0.1, 0.15) is 18.5 Å². The van der Waals surface area contributed by atoms with E-state index in [2.05, 4.69) is 4.98 Å². The molecular formula is C18H19N3O. The highest BCUT2D eigenvalue weighted by Gasteiger charge is 2.20. The highest BCUT2D eigenvalue weighted by molar-refractivity contribution is 5.83. The number of para-hydroxylation sites is 2. The minimum Gasteiger partial charge on any atom is -0.340 e. The Morgan fingerprint density at radius 3 is 2.59 bits per heavy atom. The van der Waals surface area contributed by atoms with E-state index in [0.717, 1.165) is 16.6 Å². The van der Waals surface area contributed by atoms with Crippen LogP contribution in [0, 0.1) is 0 Å². The Balaban J connectivity index is 1.79. The van der Waals surface area contributed by atoms with Crippen LogP contribution in [-0.2, 0) is 11.3 Å². The van der Waals surface area contributed by atoms with Crippen molar-refractivity contribution in [1.29, 1.82) is 0 Å². The molecule has 1 heterocycles. The summed E-state index contributed by atoms with van der Waals surface area (Å²) in [6.07, 6.45) is 1.74. The van der Waals surface area contributed by atoms with Gasteiger partial charge in [-0.2, -0.15) is 0 Å². The van der Waals surface area contributed by atoms with Gasteiger partial charge in [0, 0.05) is 13.6 Å². The number of rotatable bonds is 4. The second-order valence-electron chi connectivity index (χ2n) is 5.50. The first kappa shape index (κ1) is 14.3. The molecule has 2 aromatic carbocycles. The molecule has 1 amide bonds. The minimum absolute atomic E-state index is 0.0759. The summed E-state index contributed by atoms with van der Waals surface area (Å²) in [7, 11) is 1.84. The summed E-state index contributed by atoms with van der Waals surface area (Å²) in [6.45, 7) is 2.52. The number of fused-ring (bicyclic) bond motifs is 1. The molecule has 4 heteroatoms. The van der Waals surface area contributed by atoms with Crippen LogP contribution in [0.4, 0.5) is 0 Å². The lowest BCUT2D eigenvalue weighted by molar-refractivity contribution is -0.133. The van der Waals surface area contributed by atoms with Gasteiger partial charge >= 0.3 is 0 Å². The Bertz CT molecular complexity index is 779. The van der Waals surface area contributed by atoms with Crippen LogP contribution < -0.4 is 0 Å². The number of hydrogen-bond acceptors (Lipinski definition) is 2. The van der Waals surface area contributed by atoms with Crippen LogP contribution in [0.3, 0.4) is 0 Å². The highest BCUT2D eigenvalue weighted by atomic mass is 16.2. The van der Waals surface area contributed by atoms with Gasteiger partial charge < -0.3 is 9.47 Å². The number of carbonyl (C=O) groups is 1. The maximum atomic E-state index is 12.7. The SMILES string of the molecule is CC(C(=O)N(C)Cc1ccccc1)n1cnc2ccccc21. The molecule has 4 nitrogen and oxygen atoms in total. The smallest absolute Gasteiger partial charge is 0.245 e. The Kier molecular flexibility index (Phi) is 3.92. The van der Waals surface area contributed by atoms with Crippen LogP contribution in [0.5, 0.6) is 0 Å². The summed E-state index contributed by atoms with van der Waals surface area (Å²) in [4.78, 5) is 18.8. The molecule has 0 N–H and O–H groups in total. The summed E-state index contributed by atoms with van der Waals surface area (Å²) < 4.78 is 1.93. The number of benzene rings is 2. The van der Waals surface area contributed by atoms with E-state index in [1.165, 1.54) is 0 Å². The Hall–Kier alpha value is -2.62. The zero-order chi connectivity index (χ0) is 15.5. The normalized spacial score (nSPS) is 12.3. The fraction of sp³-hybridized carbons (Fsp3) is 0.222. The predicted molar refractivity (Wildman–Crippen MR) is 87.4 cm³/mol. The summed E-state index contributed by atoms with van der Waals surface area (Å²) in [5, 5.41) is 0. The monoisotopic (exact) mass is 293 g/mol. The molecule has 0 bridgehead atoms. The topological polar surface area (TPSA) is 38.1 Å². The number of aromatic nitrogens is 2. The molecule has 0 spiro atoms. The van der Waals surface area contributed by atoms with E-state index in [-0.39, 0.29) is 11.9 Å². The van der Waals surface area contributed by atoms with Crippen molar-refractivity contribution in [2.24, 2.45) is 0 Å². The van der Waals surface area contributed by atoms with Crippen LogP contribution in [-0.4, -0.2) is 27.4 Å². The predicted octanol–water partition coefficient (Wildman–Crippen LogP) is 3.26. The lowest BCUT2D eigenvalue weighted by Crippen LogP contribution is -2.32. The van der Waals surface area contributed by atoms with Gasteiger partial charge in [0.15, 0.2) is 0 Å². The largest absolute Gasteiger partial charge is 0.340 e. The molecule has 1 atom stereocenters. The van der Waals surface area contributed by atoms with Crippen molar-refractivity contribution in [3.05, 3.63) is 66.5 Å². The first-order valence-corrected chi connectivity index (χ1v) is 7.37. The maximum absolute atomic E-state index is 12.7. The minimum atomic E-state index is -0.277. The van der Waals surface area contributed by atoms with E-state index in [1.54, 1.807) is 11.2 Å². The molecule has 22 heavy (non-hydrogen) atoms. The summed E-state index contributed by atoms with van der Waals surface area (Å²) >= 11 is 0. The van der Waals surface area contributed by atoms with Gasteiger partial charge in [-0.3, -0.25) is 4.79 Å². The number of likely N-dealkylation sites (N-methyl/N-ethyl adjacent to an activating group) is 1. The van der Waals surface area contributed by atoms with Gasteiger partial charge in [-0.05, 0) is 24.6 Å². The highest BCUT2D eigenvalue weighted by Crippen LogP contribution is 2.19. The van der Waals surface area contributed by atoms with Crippen molar-refractivity contribution in [2.45, 2.75) is 19.5 Å². The zero-order valence-corrected chi connectivity index (χ0v) is 12.8. The molecule has 1 unspecified atom stereocenters. The fourth-order valence-electron chi connectivity index (χ4n) is 2.66. The van der Waals surface area contributed by atoms with E-state index in [0.29, 0.717) is 6.54 Å². The van der Waals surface area contributed by atoms with Crippen molar-refractivity contribution in [3.8, 4) is 0 Å². The van der Waals surface area contributed by atoms with Gasteiger partial charge in [-0.1, -0.05) is 42.5 Å². The Labute approximate surface area is 130 Å². The van der Waals surface area contributed by atoms with Gasteiger partial charge in [-0.25, -0.2) is 4.98 Å². The van der Waals surface area contributed by atoms with Gasteiger partial charge in [-0.15, -0.1) is 0 Å². The number of amides is 1. The molecule has 0 saturated heterocycles. The summed E-state index contributed by atoms with van der Waals surface area (Å²) in [5.74, 6) is 0.0759. The quantitative estimate of drug-likeness (QED) is 0.740. The second kappa shape index (κ2) is 6.02. The van der Waals surface area contributed by atoms with Crippen molar-refractivity contribution in [3.63, 3.8) is 0 Å². The molecule has 0 fully saturated rings. The second-order valence-corrected chi connectivity index (χ2v) is 5.50. The Morgan fingerprint density at radius 1 is 1.14 bits per heavy atom. The third kappa shape index (κ3) is 2.72. The lowest BCUT2D eigenvalue weighted by atomic mass is 10.2. The van der Waals surface area contributed by atoms with Crippen molar-refractivity contribution >= 4 is 16.9 Å². The van der Waals surface area contributed by atoms with Gasteiger partial charge in [0.05, 0.1) is 17.4 Å². The van der Waals surface area contributed by atoms with Gasteiger partial charge in [0.1, 0.15) is 6.04 Å². The molecule has 3 rings (SSSR count). The third-order valence-corrected chi connectivity index (χ3v) is 3.89. The number of hydrogen-bond donors (Lipinski definition) is 0. The van der Waals surface area contributed by atoms with Crippen LogP contribution >= 0.6 is 0 Å². The van der Waals surface area contributed by atoms with E-state index in [4.69, 9.17) is 0 Å². The van der Waals surface area contributed by atoms with Crippen molar-refractivity contribution in [1.82, 2.24) is 14.5 Å². The molecule has 0 saturated carbocycles. The lowest BCUT2D eigenvalue weighted by Gasteiger charge is -2.22. The van der Waals surface area contributed by atoms with E-state index in [9.17, 15) is 4.79 Å². The van der Waals surface area contributed by atoms with Crippen LogP contribution in [0.15, 0.2) is 60.9 Å². The molecule has 0 aliphatic carbocycles. The molecule has 0 radical (unpaired) electrons. The molecular weight excluding hydrogens is 274 g/mol. The standard InChI is InChI=1S/C18H19N3O/c1-14(21-13-19-16-10-6-7-11-17(16)21)18(22)20(2)12-15-8-4-3-5-9-15/h3-11,13-14H,12H2,1-2H3. The fourth-order valence-corrected chi connectivity index (χ4v) is 2.66. The van der Waals surface area contributed by atoms with Gasteiger partial charge in [0.2, 0.25) is 5.91 Å². The van der Waals surface area contributed by atoms with E-state index in [1.807, 2.05) is 73.1 Å². The molecule has 1 aromatic heterocycles. The van der Waals surface area contributed by atoms with Crippen molar-refractivity contribution in [2.75, 3.05) is 7.05 Å². The summed E-state index contributed by atoms with van der Waals surface area (Å²) in [6, 6.07) is 17.6. The number of nitrogens with zero attached hydrogens (tertiary/aromatic N) is 3. The Morgan fingerprint density at radius 2 is 1.82 bits per heavy atom. The van der Waals surface area contributed by atoms with Crippen molar-refractivity contribution < 1.29 is 4.79 Å². The maximum Gasteiger partial charge on any atom is 0.245 e. The number of imidazole rings is 1. The number of carbonyl (C=O) groups excluding carboxylic acids is 1. The van der Waals surface area contributed by atoms with E-state index >= 15 is 0 Å². The average Bonchev–Trinajstić information content (AvgIpc) is 2.98. The van der Waals surface area contributed by atoms with E-state index < -0.39 is 0 Å². The van der Waals surface area contributed by atoms with Crippen LogP contribution in [0.2, 0.25) is 0 Å².